The van der Waals surface area contributed by atoms with Crippen LogP contribution in [0.1, 0.15) is 42.4 Å². The highest BCUT2D eigenvalue weighted by atomic mass is 32.2. The average molecular weight is 576 g/mol. The monoisotopic (exact) mass is 575 g/mol. The minimum Gasteiger partial charge on any atom is -0.508 e. The number of aryl methyl sites for hydroxylation is 1. The molecule has 6 nitrogen and oxygen atoms in total. The second-order valence-corrected chi connectivity index (χ2v) is 11.7. The normalized spacial score (nSPS) is 13.0. The Balaban J connectivity index is 1.16. The van der Waals surface area contributed by atoms with Crippen LogP contribution in [0.4, 0.5) is 0 Å². The number of hydrogen-bond acceptors (Lipinski definition) is 6. The number of phenols is 1. The lowest BCUT2D eigenvalue weighted by atomic mass is 9.75. The maximum atomic E-state index is 12.7. The van der Waals surface area contributed by atoms with E-state index in [1.54, 1.807) is 31.0 Å². The molecule has 0 fully saturated rings. The van der Waals surface area contributed by atoms with Gasteiger partial charge in [-0.3, -0.25) is 4.57 Å². The zero-order valence-corrected chi connectivity index (χ0v) is 24.6. The van der Waals surface area contributed by atoms with Crippen molar-refractivity contribution in [3.63, 3.8) is 0 Å². The molecule has 42 heavy (non-hydrogen) atoms. The topological polar surface area (TPSA) is 77.2 Å². The van der Waals surface area contributed by atoms with Crippen LogP contribution < -0.4 is 4.74 Å². The van der Waals surface area contributed by atoms with Gasteiger partial charge in [0.15, 0.2) is 11.0 Å². The van der Waals surface area contributed by atoms with Crippen LogP contribution in [0.15, 0.2) is 96.2 Å². The van der Waals surface area contributed by atoms with E-state index >= 15 is 0 Å². The molecule has 0 spiro atoms. The third kappa shape index (κ3) is 4.98. The molecule has 0 amide bonds. The summed E-state index contributed by atoms with van der Waals surface area (Å²) in [7, 11) is 1.65. The molecule has 1 heterocycles. The van der Waals surface area contributed by atoms with Crippen LogP contribution in [-0.2, 0) is 10.2 Å². The fourth-order valence-electron chi connectivity index (χ4n) is 6.06. The number of aromatic nitrogens is 3. The van der Waals surface area contributed by atoms with Crippen LogP contribution in [-0.4, -0.2) is 39.0 Å². The van der Waals surface area contributed by atoms with Gasteiger partial charge in [0.25, 0.3) is 0 Å². The molecule has 0 bridgehead atoms. The van der Waals surface area contributed by atoms with E-state index in [0.717, 1.165) is 82.4 Å². The van der Waals surface area contributed by atoms with Crippen LogP contribution in [0.3, 0.4) is 0 Å². The zero-order valence-electron chi connectivity index (χ0n) is 23.8. The lowest BCUT2D eigenvalue weighted by Gasteiger charge is -2.25. The van der Waals surface area contributed by atoms with Crippen LogP contribution in [0.5, 0.6) is 11.5 Å². The van der Waals surface area contributed by atoms with Gasteiger partial charge in [0, 0.05) is 11.3 Å². The lowest BCUT2D eigenvalue weighted by Crippen LogP contribution is -2.27. The molecule has 0 radical (unpaired) electrons. The van der Waals surface area contributed by atoms with Crippen molar-refractivity contribution in [1.29, 1.82) is 0 Å². The van der Waals surface area contributed by atoms with Gasteiger partial charge in [-0.15, -0.1) is 10.2 Å². The summed E-state index contributed by atoms with van der Waals surface area (Å²) in [5.41, 5.74) is 6.81. The minimum absolute atomic E-state index is 0.227. The Morgan fingerprint density at radius 1 is 0.881 bits per heavy atom. The number of thioether (sulfide) groups is 1. The van der Waals surface area contributed by atoms with Crippen LogP contribution in [0.25, 0.3) is 28.2 Å². The van der Waals surface area contributed by atoms with Gasteiger partial charge in [0.2, 0.25) is 0 Å². The van der Waals surface area contributed by atoms with Crippen molar-refractivity contribution in [1.82, 2.24) is 14.8 Å². The first-order valence-electron chi connectivity index (χ1n) is 14.2. The summed E-state index contributed by atoms with van der Waals surface area (Å²) in [6.45, 7) is 1.98. The second-order valence-electron chi connectivity index (χ2n) is 10.7. The predicted octanol–water partition coefficient (Wildman–Crippen LogP) is 7.78. The van der Waals surface area contributed by atoms with Crippen molar-refractivity contribution in [2.75, 3.05) is 12.9 Å². The quantitative estimate of drug-likeness (QED) is 0.0985. The number of aldehydes is 1. The maximum Gasteiger partial charge on any atom is 0.196 e. The summed E-state index contributed by atoms with van der Waals surface area (Å²) in [6.07, 6.45) is 4.89. The Hall–Kier alpha value is -4.36. The summed E-state index contributed by atoms with van der Waals surface area (Å²) >= 11 is 1.68. The molecule has 0 atom stereocenters. The summed E-state index contributed by atoms with van der Waals surface area (Å²) < 4.78 is 7.39. The number of methoxy groups -OCH3 is 1. The number of hydrogen-bond donors (Lipinski definition) is 1. The van der Waals surface area contributed by atoms with Crippen LogP contribution in [0.2, 0.25) is 0 Å². The number of aromatic hydroxyl groups is 1. The second kappa shape index (κ2) is 11.9. The van der Waals surface area contributed by atoms with E-state index in [1.807, 2.05) is 61.5 Å². The summed E-state index contributed by atoms with van der Waals surface area (Å²) in [4.78, 5) is 12.7. The van der Waals surface area contributed by atoms with Crippen molar-refractivity contribution in [3.05, 3.63) is 108 Å². The standard InChI is InChI=1S/C35H33N3O3S/c1-24-22-26(40)16-19-32(24)38-33(25-14-17-27(41-2)18-15-25)36-37-34(38)42-21-9-3-8-20-35(23-39)30-12-6-4-10-28(30)29-11-5-7-13-31(29)35/h4-7,10-19,22-23,40H,3,8-9,20-21H2,1-2H3. The number of ether oxygens (including phenoxy) is 1. The highest BCUT2D eigenvalue weighted by Gasteiger charge is 2.42. The van der Waals surface area contributed by atoms with Gasteiger partial charge in [0.05, 0.1) is 18.2 Å². The van der Waals surface area contributed by atoms with Gasteiger partial charge >= 0.3 is 0 Å². The van der Waals surface area contributed by atoms with E-state index in [2.05, 4.69) is 39.0 Å². The first-order valence-corrected chi connectivity index (χ1v) is 15.2. The minimum atomic E-state index is -0.579. The van der Waals surface area contributed by atoms with Crippen molar-refractivity contribution in [2.45, 2.75) is 43.2 Å². The molecule has 1 aromatic heterocycles. The number of phenolic OH excluding ortho intramolecular Hbond substituents is 1. The third-order valence-corrected chi connectivity index (χ3v) is 9.17. The zero-order chi connectivity index (χ0) is 29.1. The van der Waals surface area contributed by atoms with E-state index in [9.17, 15) is 9.90 Å². The number of benzene rings is 4. The third-order valence-electron chi connectivity index (χ3n) is 8.16. The molecule has 0 unspecified atom stereocenters. The molecule has 4 aromatic carbocycles. The molecule has 6 rings (SSSR count). The summed E-state index contributed by atoms with van der Waals surface area (Å²) in [5, 5.41) is 19.9. The fourth-order valence-corrected chi connectivity index (χ4v) is 7.00. The highest BCUT2D eigenvalue weighted by Crippen LogP contribution is 2.50. The Morgan fingerprint density at radius 2 is 1.57 bits per heavy atom. The Bertz CT molecular complexity index is 1680. The average Bonchev–Trinajstić information content (AvgIpc) is 3.56. The van der Waals surface area contributed by atoms with E-state index in [-0.39, 0.29) is 5.75 Å². The molecule has 1 N–H and O–H groups in total. The van der Waals surface area contributed by atoms with Crippen LogP contribution in [0, 0.1) is 6.92 Å². The molecule has 1 aliphatic carbocycles. The number of fused-ring (bicyclic) bond motifs is 3. The van der Waals surface area contributed by atoms with Crippen LogP contribution >= 0.6 is 11.8 Å². The summed E-state index contributed by atoms with van der Waals surface area (Å²) in [5.74, 6) is 2.62. The van der Waals surface area contributed by atoms with E-state index in [0.29, 0.717) is 0 Å². The van der Waals surface area contributed by atoms with E-state index in [1.165, 1.54) is 11.1 Å². The van der Waals surface area contributed by atoms with Gasteiger partial charge in [-0.1, -0.05) is 73.1 Å². The number of carbonyl (C=O) groups excluding carboxylic acids is 1. The number of nitrogens with zero attached hydrogens (tertiary/aromatic N) is 3. The van der Waals surface area contributed by atoms with Gasteiger partial charge in [0.1, 0.15) is 17.8 Å². The largest absolute Gasteiger partial charge is 0.508 e. The fraction of sp³-hybridized carbons (Fsp3) is 0.229. The molecule has 0 saturated carbocycles. The van der Waals surface area contributed by atoms with Crippen molar-refractivity contribution < 1.29 is 14.6 Å². The molecule has 1 aliphatic rings. The first kappa shape index (κ1) is 27.8. The molecule has 212 valence electrons. The Kier molecular flexibility index (Phi) is 7.85. The molecule has 7 heteroatoms. The number of unbranched alkanes of at least 4 members (excludes halogenated alkanes) is 2. The maximum absolute atomic E-state index is 12.7. The van der Waals surface area contributed by atoms with E-state index < -0.39 is 5.41 Å². The lowest BCUT2D eigenvalue weighted by molar-refractivity contribution is -0.111. The van der Waals surface area contributed by atoms with Gasteiger partial charge in [-0.2, -0.15) is 0 Å². The number of rotatable bonds is 11. The molecule has 0 saturated heterocycles. The van der Waals surface area contributed by atoms with Gasteiger partial charge in [-0.05, 0) is 90.0 Å². The molecular formula is C35H33N3O3S. The van der Waals surface area contributed by atoms with Gasteiger partial charge in [-0.25, -0.2) is 0 Å². The predicted molar refractivity (Wildman–Crippen MR) is 168 cm³/mol. The van der Waals surface area contributed by atoms with Gasteiger partial charge < -0.3 is 14.6 Å². The molecule has 5 aromatic rings. The van der Waals surface area contributed by atoms with Crippen molar-refractivity contribution >= 4 is 18.0 Å². The SMILES string of the molecule is COc1ccc(-c2nnc(SCCCCCC3(C=O)c4ccccc4-c4ccccc43)n2-c2ccc(O)cc2C)cc1. The number of carbonyl (C=O) groups is 1. The Morgan fingerprint density at radius 3 is 2.21 bits per heavy atom. The Labute approximate surface area is 250 Å². The summed E-state index contributed by atoms with van der Waals surface area (Å²) in [6, 6.07) is 29.8. The molecule has 0 aliphatic heterocycles. The van der Waals surface area contributed by atoms with Crippen molar-refractivity contribution in [2.24, 2.45) is 0 Å². The smallest absolute Gasteiger partial charge is 0.196 e. The molecular weight excluding hydrogens is 542 g/mol. The van der Waals surface area contributed by atoms with E-state index in [4.69, 9.17) is 4.74 Å². The highest BCUT2D eigenvalue weighted by molar-refractivity contribution is 7.99. The van der Waals surface area contributed by atoms with Crippen molar-refractivity contribution in [3.8, 4) is 39.7 Å². The first-order chi connectivity index (χ1) is 20.6.